The second-order valence-corrected chi connectivity index (χ2v) is 7.53. The van der Waals surface area contributed by atoms with Crippen molar-refractivity contribution < 1.29 is 35.9 Å². The number of nitrogens with one attached hydrogen (secondary N) is 1. The number of Topliss-reactive ketones (excluding diaryl/α,β-unsaturated/α-hetero) is 1. The number of carbonyl (C=O) groups is 2. The second-order valence-electron chi connectivity index (χ2n) is 6.81. The Labute approximate surface area is 181 Å². The van der Waals surface area contributed by atoms with Gasteiger partial charge in [-0.15, -0.1) is 11.3 Å². The normalized spacial score (nSPS) is 11.9. The largest absolute Gasteiger partial charge is 0.416 e. The Morgan fingerprint density at radius 1 is 0.844 bits per heavy atom. The van der Waals surface area contributed by atoms with Gasteiger partial charge in [-0.25, -0.2) is 4.98 Å². The number of anilines is 1. The number of amides is 1. The van der Waals surface area contributed by atoms with Crippen molar-refractivity contribution in [2.24, 2.45) is 0 Å². The Morgan fingerprint density at radius 2 is 1.38 bits per heavy atom. The first-order valence-electron chi connectivity index (χ1n) is 9.00. The molecule has 11 heteroatoms. The first-order valence-corrected chi connectivity index (χ1v) is 9.94. The molecule has 1 amide bonds. The number of ketones is 1. The van der Waals surface area contributed by atoms with Crippen LogP contribution in [0.15, 0.2) is 53.4 Å². The van der Waals surface area contributed by atoms with Crippen molar-refractivity contribution in [1.82, 2.24) is 4.98 Å². The van der Waals surface area contributed by atoms with E-state index in [-0.39, 0.29) is 24.7 Å². The number of halogens is 6. The average Bonchev–Trinajstić information content (AvgIpc) is 3.23. The summed E-state index contributed by atoms with van der Waals surface area (Å²) >= 11 is 1.29. The van der Waals surface area contributed by atoms with Crippen molar-refractivity contribution in [3.05, 3.63) is 81.3 Å². The van der Waals surface area contributed by atoms with Gasteiger partial charge in [-0.3, -0.25) is 9.59 Å². The van der Waals surface area contributed by atoms with Crippen LogP contribution in [-0.4, -0.2) is 16.7 Å². The summed E-state index contributed by atoms with van der Waals surface area (Å²) in [4.78, 5) is 28.2. The summed E-state index contributed by atoms with van der Waals surface area (Å²) in [6.45, 7) is 0. The van der Waals surface area contributed by atoms with Gasteiger partial charge in [0, 0.05) is 17.5 Å². The maximum absolute atomic E-state index is 12.9. The van der Waals surface area contributed by atoms with Gasteiger partial charge in [-0.05, 0) is 29.3 Å². The minimum Gasteiger partial charge on any atom is -0.326 e. The Balaban J connectivity index is 1.68. The predicted octanol–water partition coefficient (Wildman–Crippen LogP) is 5.79. The third-order valence-corrected chi connectivity index (χ3v) is 4.93. The molecule has 32 heavy (non-hydrogen) atoms. The third-order valence-electron chi connectivity index (χ3n) is 4.34. The highest BCUT2D eigenvalue weighted by Crippen LogP contribution is 2.37. The van der Waals surface area contributed by atoms with Gasteiger partial charge >= 0.3 is 12.4 Å². The fourth-order valence-electron chi connectivity index (χ4n) is 2.82. The van der Waals surface area contributed by atoms with Crippen molar-refractivity contribution >= 4 is 28.7 Å². The van der Waals surface area contributed by atoms with E-state index in [9.17, 15) is 35.9 Å². The third kappa shape index (κ3) is 6.16. The van der Waals surface area contributed by atoms with Crippen LogP contribution in [0.5, 0.6) is 0 Å². The molecule has 0 aliphatic carbocycles. The highest BCUT2D eigenvalue weighted by atomic mass is 32.1. The minimum atomic E-state index is -5.01. The van der Waals surface area contributed by atoms with Crippen LogP contribution in [-0.2, 0) is 30.0 Å². The van der Waals surface area contributed by atoms with Crippen molar-refractivity contribution in [1.29, 1.82) is 0 Å². The van der Waals surface area contributed by atoms with Gasteiger partial charge in [-0.1, -0.05) is 24.3 Å². The number of alkyl halides is 6. The van der Waals surface area contributed by atoms with Crippen LogP contribution < -0.4 is 5.32 Å². The SMILES string of the molecule is O=C(Cc1ccc(CC(=O)c2cscn2)cc1)Nc1cc(C(F)(F)F)cc(C(F)(F)F)c1. The van der Waals surface area contributed by atoms with Gasteiger partial charge in [0.2, 0.25) is 5.91 Å². The lowest BCUT2D eigenvalue weighted by Gasteiger charge is -2.15. The Morgan fingerprint density at radius 3 is 1.84 bits per heavy atom. The zero-order chi connectivity index (χ0) is 23.5. The molecule has 3 rings (SSSR count). The molecule has 0 saturated carbocycles. The van der Waals surface area contributed by atoms with E-state index in [1.165, 1.54) is 16.8 Å². The molecular formula is C21H14F6N2O2S. The Hall–Kier alpha value is -3.21. The molecule has 168 valence electrons. The summed E-state index contributed by atoms with van der Waals surface area (Å²) in [5.41, 5.74) is -0.624. The van der Waals surface area contributed by atoms with Crippen LogP contribution in [0, 0.1) is 0 Å². The summed E-state index contributed by atoms with van der Waals surface area (Å²) < 4.78 is 77.6. The Bertz CT molecular complexity index is 1070. The summed E-state index contributed by atoms with van der Waals surface area (Å²) in [6.07, 6.45) is -10.2. The van der Waals surface area contributed by atoms with Crippen molar-refractivity contribution in [3.63, 3.8) is 0 Å². The molecule has 0 bridgehead atoms. The lowest BCUT2D eigenvalue weighted by atomic mass is 10.0. The highest BCUT2D eigenvalue weighted by Gasteiger charge is 2.37. The highest BCUT2D eigenvalue weighted by molar-refractivity contribution is 7.07. The number of carbonyl (C=O) groups excluding carboxylic acids is 2. The fourth-order valence-corrected chi connectivity index (χ4v) is 3.38. The lowest BCUT2D eigenvalue weighted by Crippen LogP contribution is -2.17. The van der Waals surface area contributed by atoms with E-state index in [4.69, 9.17) is 0 Å². The quantitative estimate of drug-likeness (QED) is 0.365. The van der Waals surface area contributed by atoms with Gasteiger partial charge in [0.05, 0.1) is 23.1 Å². The van der Waals surface area contributed by atoms with Crippen LogP contribution in [0.1, 0.15) is 32.7 Å². The van der Waals surface area contributed by atoms with E-state index in [2.05, 4.69) is 10.3 Å². The summed E-state index contributed by atoms with van der Waals surface area (Å²) in [7, 11) is 0. The summed E-state index contributed by atoms with van der Waals surface area (Å²) in [5, 5.41) is 3.70. The molecule has 0 saturated heterocycles. The van der Waals surface area contributed by atoms with Crippen LogP contribution in [0.25, 0.3) is 0 Å². The molecule has 2 aromatic carbocycles. The summed E-state index contributed by atoms with van der Waals surface area (Å²) in [6, 6.07) is 7.20. The van der Waals surface area contributed by atoms with E-state index in [1.54, 1.807) is 29.6 Å². The zero-order valence-corrected chi connectivity index (χ0v) is 16.9. The number of benzene rings is 2. The van der Waals surface area contributed by atoms with Gasteiger partial charge in [-0.2, -0.15) is 26.3 Å². The van der Waals surface area contributed by atoms with Gasteiger partial charge in [0.25, 0.3) is 0 Å². The number of hydrogen-bond donors (Lipinski definition) is 1. The van der Waals surface area contributed by atoms with Gasteiger partial charge < -0.3 is 5.32 Å². The molecule has 0 fully saturated rings. The molecular weight excluding hydrogens is 458 g/mol. The standard InChI is InChI=1S/C21H14F6N2O2S/c22-20(23,24)14-7-15(21(25,26)27)9-16(8-14)29-19(31)6-13-3-1-12(2-4-13)5-18(30)17-10-32-11-28-17/h1-4,7-11H,5-6H2,(H,29,31). The maximum atomic E-state index is 12.9. The molecule has 3 aromatic rings. The van der Waals surface area contributed by atoms with Gasteiger partial charge in [0.1, 0.15) is 5.69 Å². The number of aromatic nitrogens is 1. The van der Waals surface area contributed by atoms with Crippen molar-refractivity contribution in [2.75, 3.05) is 5.32 Å². The van der Waals surface area contributed by atoms with Crippen LogP contribution in [0.2, 0.25) is 0 Å². The Kier molecular flexibility index (Phi) is 6.68. The van der Waals surface area contributed by atoms with E-state index in [0.717, 1.165) is 0 Å². The molecule has 1 aromatic heterocycles. The van der Waals surface area contributed by atoms with Crippen molar-refractivity contribution in [3.8, 4) is 0 Å². The van der Waals surface area contributed by atoms with E-state index in [1.807, 2.05) is 0 Å². The molecule has 0 aliphatic rings. The number of nitrogens with zero attached hydrogens (tertiary/aromatic N) is 1. The van der Waals surface area contributed by atoms with Gasteiger partial charge in [0.15, 0.2) is 5.78 Å². The molecule has 0 radical (unpaired) electrons. The smallest absolute Gasteiger partial charge is 0.326 e. The van der Waals surface area contributed by atoms with Crippen molar-refractivity contribution in [2.45, 2.75) is 25.2 Å². The molecule has 1 N–H and O–H groups in total. The zero-order valence-electron chi connectivity index (χ0n) is 16.1. The van der Waals surface area contributed by atoms with E-state index in [0.29, 0.717) is 29.0 Å². The maximum Gasteiger partial charge on any atom is 0.416 e. The monoisotopic (exact) mass is 472 g/mol. The number of rotatable bonds is 6. The minimum absolute atomic E-state index is 0.0126. The molecule has 0 unspecified atom stereocenters. The van der Waals surface area contributed by atoms with Crippen LogP contribution in [0.3, 0.4) is 0 Å². The molecule has 0 aliphatic heterocycles. The lowest BCUT2D eigenvalue weighted by molar-refractivity contribution is -0.143. The average molecular weight is 472 g/mol. The topological polar surface area (TPSA) is 59.1 Å². The van der Waals surface area contributed by atoms with E-state index >= 15 is 0 Å². The molecule has 0 atom stereocenters. The first kappa shape index (κ1) is 23.5. The number of thiazole rings is 1. The molecule has 4 nitrogen and oxygen atoms in total. The van der Waals surface area contributed by atoms with E-state index < -0.39 is 35.1 Å². The van der Waals surface area contributed by atoms with Crippen LogP contribution >= 0.6 is 11.3 Å². The summed E-state index contributed by atoms with van der Waals surface area (Å²) in [5.74, 6) is -0.967. The first-order chi connectivity index (χ1) is 14.9. The molecule has 1 heterocycles. The fraction of sp³-hybridized carbons (Fsp3) is 0.190. The predicted molar refractivity (Wildman–Crippen MR) is 105 cm³/mol. The van der Waals surface area contributed by atoms with Crippen LogP contribution in [0.4, 0.5) is 32.0 Å². The molecule has 0 spiro atoms. The number of hydrogen-bond acceptors (Lipinski definition) is 4. The second kappa shape index (κ2) is 9.11.